The van der Waals surface area contributed by atoms with E-state index in [0.29, 0.717) is 29.8 Å². The number of allylic oxidation sites excluding steroid dienone is 1. The molecule has 0 radical (unpaired) electrons. The molecule has 1 aliphatic heterocycles. The maximum atomic E-state index is 14.5. The number of ketones is 1. The average molecular weight is 503 g/mol. The third-order valence-corrected chi connectivity index (χ3v) is 6.73. The van der Waals surface area contributed by atoms with Crippen molar-refractivity contribution >= 4 is 23.1 Å². The van der Waals surface area contributed by atoms with Crippen molar-refractivity contribution in [3.8, 4) is 0 Å². The Morgan fingerprint density at radius 1 is 1.11 bits per heavy atom. The van der Waals surface area contributed by atoms with E-state index in [0.717, 1.165) is 17.3 Å². The number of nitrogens with one attached hydrogen (secondary N) is 2. The molecule has 0 saturated heterocycles. The Kier molecular flexibility index (Phi) is 6.50. The Labute approximate surface area is 214 Å². The molecule has 0 saturated carbocycles. The summed E-state index contributed by atoms with van der Waals surface area (Å²) in [5.41, 5.74) is 3.35. The SMILES string of the molecule is CC1(C)CC(=O)C2=C(C1)Nc1ccccc1N(CC(=O)NCc1cccnc1)C2c1cc(F)cc(F)c1. The summed E-state index contributed by atoms with van der Waals surface area (Å²) in [6.45, 7) is 4.19. The first-order chi connectivity index (χ1) is 17.7. The highest BCUT2D eigenvalue weighted by atomic mass is 19.1. The van der Waals surface area contributed by atoms with E-state index in [-0.39, 0.29) is 35.8 Å². The van der Waals surface area contributed by atoms with Crippen LogP contribution >= 0.6 is 0 Å². The highest BCUT2D eigenvalue weighted by molar-refractivity contribution is 6.01. The van der Waals surface area contributed by atoms with E-state index in [2.05, 4.69) is 15.6 Å². The molecule has 5 rings (SSSR count). The van der Waals surface area contributed by atoms with Gasteiger partial charge < -0.3 is 15.5 Å². The van der Waals surface area contributed by atoms with Gasteiger partial charge in [0.25, 0.3) is 0 Å². The van der Waals surface area contributed by atoms with E-state index >= 15 is 0 Å². The molecule has 1 aliphatic carbocycles. The van der Waals surface area contributed by atoms with Crippen LogP contribution in [0, 0.1) is 17.0 Å². The van der Waals surface area contributed by atoms with Crippen molar-refractivity contribution in [2.24, 2.45) is 5.41 Å². The van der Waals surface area contributed by atoms with E-state index < -0.39 is 17.7 Å². The fourth-order valence-corrected chi connectivity index (χ4v) is 5.22. The van der Waals surface area contributed by atoms with Gasteiger partial charge in [0, 0.05) is 42.7 Å². The van der Waals surface area contributed by atoms with Crippen LogP contribution in [0.25, 0.3) is 0 Å². The number of para-hydroxylation sites is 2. The molecule has 3 aromatic rings. The Morgan fingerprint density at radius 2 is 1.86 bits per heavy atom. The lowest BCUT2D eigenvalue weighted by Gasteiger charge is -2.37. The topological polar surface area (TPSA) is 74.3 Å². The van der Waals surface area contributed by atoms with Crippen LogP contribution in [0.15, 0.2) is 78.3 Å². The zero-order valence-electron chi connectivity index (χ0n) is 20.7. The largest absolute Gasteiger partial charge is 0.357 e. The van der Waals surface area contributed by atoms with Crippen molar-refractivity contribution < 1.29 is 18.4 Å². The molecule has 8 heteroatoms. The van der Waals surface area contributed by atoms with Crippen molar-refractivity contribution in [3.05, 3.63) is 101 Å². The van der Waals surface area contributed by atoms with Crippen molar-refractivity contribution in [1.82, 2.24) is 10.3 Å². The lowest BCUT2D eigenvalue weighted by Crippen LogP contribution is -2.42. The summed E-state index contributed by atoms with van der Waals surface area (Å²) in [6, 6.07) is 13.5. The zero-order chi connectivity index (χ0) is 26.2. The number of rotatable bonds is 5. The monoisotopic (exact) mass is 502 g/mol. The molecule has 1 unspecified atom stereocenters. The summed E-state index contributed by atoms with van der Waals surface area (Å²) in [5.74, 6) is -1.89. The second kappa shape index (κ2) is 9.76. The predicted molar refractivity (Wildman–Crippen MR) is 138 cm³/mol. The molecule has 0 bridgehead atoms. The van der Waals surface area contributed by atoms with Crippen LogP contribution < -0.4 is 15.5 Å². The predicted octanol–water partition coefficient (Wildman–Crippen LogP) is 5.29. The van der Waals surface area contributed by atoms with Crippen LogP contribution in [-0.2, 0) is 16.1 Å². The number of hydrogen-bond acceptors (Lipinski definition) is 5. The maximum Gasteiger partial charge on any atom is 0.239 e. The molecule has 1 aromatic heterocycles. The Balaban J connectivity index is 1.61. The summed E-state index contributed by atoms with van der Waals surface area (Å²) in [4.78, 5) is 32.7. The molecular formula is C29H28F2N4O2. The lowest BCUT2D eigenvalue weighted by atomic mass is 9.73. The molecule has 2 aliphatic rings. The van der Waals surface area contributed by atoms with Crippen LogP contribution in [-0.4, -0.2) is 23.2 Å². The Bertz CT molecular complexity index is 1370. The molecule has 1 atom stereocenters. The fraction of sp³-hybridized carbons (Fsp3) is 0.276. The fourth-order valence-electron chi connectivity index (χ4n) is 5.22. The van der Waals surface area contributed by atoms with Gasteiger partial charge >= 0.3 is 0 Å². The van der Waals surface area contributed by atoms with E-state index in [1.54, 1.807) is 23.4 Å². The van der Waals surface area contributed by atoms with Crippen molar-refractivity contribution in [1.29, 1.82) is 0 Å². The van der Waals surface area contributed by atoms with Gasteiger partial charge in [-0.1, -0.05) is 32.0 Å². The first kappa shape index (κ1) is 24.6. The first-order valence-corrected chi connectivity index (χ1v) is 12.2. The second-order valence-electron chi connectivity index (χ2n) is 10.3. The molecule has 2 aromatic carbocycles. The van der Waals surface area contributed by atoms with Gasteiger partial charge in [0.05, 0.1) is 24.0 Å². The average Bonchev–Trinajstić information content (AvgIpc) is 2.96. The molecule has 0 fully saturated rings. The number of anilines is 2. The number of carbonyl (C=O) groups excluding carboxylic acids is 2. The van der Waals surface area contributed by atoms with E-state index in [4.69, 9.17) is 0 Å². The second-order valence-corrected chi connectivity index (χ2v) is 10.3. The molecule has 2 N–H and O–H groups in total. The minimum atomic E-state index is -0.857. The minimum absolute atomic E-state index is 0.109. The number of aromatic nitrogens is 1. The Hall–Kier alpha value is -4.07. The number of fused-ring (bicyclic) bond motifs is 1. The number of hydrogen-bond donors (Lipinski definition) is 2. The number of Topliss-reactive ketones (excluding diaryl/α,β-unsaturated/α-hetero) is 1. The molecular weight excluding hydrogens is 474 g/mol. The number of amides is 1. The summed E-state index contributed by atoms with van der Waals surface area (Å²) >= 11 is 0. The van der Waals surface area contributed by atoms with Gasteiger partial charge in [-0.2, -0.15) is 0 Å². The van der Waals surface area contributed by atoms with Crippen LogP contribution in [0.5, 0.6) is 0 Å². The Morgan fingerprint density at radius 3 is 2.59 bits per heavy atom. The summed E-state index contributed by atoms with van der Waals surface area (Å²) in [7, 11) is 0. The van der Waals surface area contributed by atoms with Gasteiger partial charge in [-0.3, -0.25) is 14.6 Å². The minimum Gasteiger partial charge on any atom is -0.357 e. The van der Waals surface area contributed by atoms with Gasteiger partial charge in [0.2, 0.25) is 5.91 Å². The normalized spacial score (nSPS) is 18.4. The van der Waals surface area contributed by atoms with Gasteiger partial charge in [0.15, 0.2) is 5.78 Å². The quantitative estimate of drug-likeness (QED) is 0.496. The standard InChI is InChI=1S/C29H28F2N4O2/c1-29(2)13-23-27(25(36)14-29)28(19-10-20(30)12-21(31)11-19)35(24-8-4-3-7-22(24)34-23)17-26(37)33-16-18-6-5-9-32-15-18/h3-12,15,28,34H,13-14,16-17H2,1-2H3,(H,33,37). The summed E-state index contributed by atoms with van der Waals surface area (Å²) < 4.78 is 28.9. The van der Waals surface area contributed by atoms with Crippen molar-refractivity contribution in [2.75, 3.05) is 16.8 Å². The van der Waals surface area contributed by atoms with Crippen LogP contribution in [0.2, 0.25) is 0 Å². The van der Waals surface area contributed by atoms with Crippen LogP contribution in [0.1, 0.15) is 43.9 Å². The van der Waals surface area contributed by atoms with Gasteiger partial charge in [-0.25, -0.2) is 8.78 Å². The molecule has 37 heavy (non-hydrogen) atoms. The molecule has 0 spiro atoms. The van der Waals surface area contributed by atoms with E-state index in [1.165, 1.54) is 12.1 Å². The smallest absolute Gasteiger partial charge is 0.239 e. The first-order valence-electron chi connectivity index (χ1n) is 12.2. The van der Waals surface area contributed by atoms with Gasteiger partial charge in [-0.05, 0) is 53.3 Å². The van der Waals surface area contributed by atoms with E-state index in [9.17, 15) is 18.4 Å². The maximum absolute atomic E-state index is 14.5. The molecule has 190 valence electrons. The highest BCUT2D eigenvalue weighted by Gasteiger charge is 2.42. The number of carbonyl (C=O) groups is 2. The molecule has 6 nitrogen and oxygen atoms in total. The third kappa shape index (κ3) is 5.23. The van der Waals surface area contributed by atoms with Gasteiger partial charge in [0.1, 0.15) is 11.6 Å². The third-order valence-electron chi connectivity index (χ3n) is 6.73. The number of pyridine rings is 1. The van der Waals surface area contributed by atoms with Gasteiger partial charge in [-0.15, -0.1) is 0 Å². The molecule has 1 amide bonds. The number of halogens is 2. The number of benzene rings is 2. The summed E-state index contributed by atoms with van der Waals surface area (Å²) in [6.07, 6.45) is 4.20. The van der Waals surface area contributed by atoms with Crippen LogP contribution in [0.3, 0.4) is 0 Å². The zero-order valence-corrected chi connectivity index (χ0v) is 20.7. The van der Waals surface area contributed by atoms with Crippen LogP contribution in [0.4, 0.5) is 20.2 Å². The summed E-state index contributed by atoms with van der Waals surface area (Å²) in [5, 5.41) is 6.33. The van der Waals surface area contributed by atoms with Crippen molar-refractivity contribution in [2.45, 2.75) is 39.3 Å². The van der Waals surface area contributed by atoms with E-state index in [1.807, 2.05) is 44.2 Å². The highest BCUT2D eigenvalue weighted by Crippen LogP contribution is 2.48. The van der Waals surface area contributed by atoms with Crippen molar-refractivity contribution in [3.63, 3.8) is 0 Å². The molecule has 2 heterocycles. The number of nitrogens with zero attached hydrogens (tertiary/aromatic N) is 2. The lowest BCUT2D eigenvalue weighted by molar-refractivity contribution is -0.120.